The van der Waals surface area contributed by atoms with Crippen molar-refractivity contribution in [2.24, 2.45) is 0 Å². The van der Waals surface area contributed by atoms with Crippen molar-refractivity contribution in [1.29, 1.82) is 0 Å². The number of likely N-dealkylation sites (tertiary alicyclic amines) is 1. The zero-order valence-corrected chi connectivity index (χ0v) is 22.3. The number of ether oxygens (including phenoxy) is 2. The van der Waals surface area contributed by atoms with E-state index in [2.05, 4.69) is 15.2 Å². The highest BCUT2D eigenvalue weighted by molar-refractivity contribution is 5.92. The first kappa shape index (κ1) is 26.7. The lowest BCUT2D eigenvalue weighted by molar-refractivity contribution is 0.0696. The van der Waals surface area contributed by atoms with E-state index in [9.17, 15) is 9.90 Å². The molecule has 0 bridgehead atoms. The summed E-state index contributed by atoms with van der Waals surface area (Å²) in [6.07, 6.45) is 3.37. The maximum absolute atomic E-state index is 16.4. The van der Waals surface area contributed by atoms with Crippen LogP contribution < -0.4 is 5.32 Å². The van der Waals surface area contributed by atoms with Crippen LogP contribution in [0.15, 0.2) is 70.5 Å². The number of hydrogen-bond acceptors (Lipinski definition) is 7. The number of alkyl halides is 1. The fraction of sp³-hybridized carbons (Fsp3) is 0.400. The molecule has 1 saturated heterocycles. The highest BCUT2D eigenvalue weighted by atomic mass is 19.1. The molecule has 39 heavy (non-hydrogen) atoms. The molecule has 1 atom stereocenters. The maximum atomic E-state index is 16.4. The Morgan fingerprint density at radius 2 is 1.90 bits per heavy atom. The number of fused-ring (bicyclic) bond motifs is 1. The van der Waals surface area contributed by atoms with Crippen LogP contribution in [0.5, 0.6) is 0 Å². The highest BCUT2D eigenvalue weighted by Gasteiger charge is 2.39. The van der Waals surface area contributed by atoms with Gasteiger partial charge in [-0.25, -0.2) is 9.18 Å². The number of aromatic nitrogens is 1. The van der Waals surface area contributed by atoms with Gasteiger partial charge in [0.15, 0.2) is 11.3 Å². The average Bonchev–Trinajstić information content (AvgIpc) is 3.32. The second kappa shape index (κ2) is 11.5. The highest BCUT2D eigenvalue weighted by Crippen LogP contribution is 2.41. The van der Waals surface area contributed by atoms with Crippen molar-refractivity contribution in [2.45, 2.75) is 44.8 Å². The Labute approximate surface area is 227 Å². The first-order valence-electron chi connectivity index (χ1n) is 13.5. The molecule has 1 aliphatic carbocycles. The lowest BCUT2D eigenvalue weighted by atomic mass is 9.86. The average molecular weight is 536 g/mol. The molecule has 1 fully saturated rings. The van der Waals surface area contributed by atoms with Gasteiger partial charge in [-0.15, -0.1) is 0 Å². The Hall–Kier alpha value is -3.85. The Morgan fingerprint density at radius 1 is 1.15 bits per heavy atom. The molecule has 1 unspecified atom stereocenters. The molecule has 0 spiro atoms. The number of nitrogens with one attached hydrogen (secondary N) is 1. The van der Waals surface area contributed by atoms with Crippen molar-refractivity contribution < 1.29 is 28.2 Å². The van der Waals surface area contributed by atoms with Gasteiger partial charge in [-0.3, -0.25) is 4.90 Å². The van der Waals surface area contributed by atoms with Crippen molar-refractivity contribution in [1.82, 2.24) is 9.88 Å². The molecule has 1 aliphatic heterocycles. The number of allylic oxidation sites excluding steroid dienone is 2. The molecule has 2 heterocycles. The minimum Gasteiger partial charge on any atom is -0.497 e. The van der Waals surface area contributed by atoms with Gasteiger partial charge in [0, 0.05) is 32.1 Å². The number of oxazole rings is 1. The molecule has 9 heteroatoms. The van der Waals surface area contributed by atoms with Crippen LogP contribution in [-0.2, 0) is 9.47 Å². The largest absolute Gasteiger partial charge is 0.497 e. The molecule has 206 valence electrons. The van der Waals surface area contributed by atoms with Crippen molar-refractivity contribution in [2.75, 3.05) is 38.2 Å². The monoisotopic (exact) mass is 535 g/mol. The molecule has 2 aromatic carbocycles. The van der Waals surface area contributed by atoms with Gasteiger partial charge >= 0.3 is 5.97 Å². The fourth-order valence-electron chi connectivity index (χ4n) is 5.33. The smallest absolute Gasteiger partial charge is 0.335 e. The minimum atomic E-state index is -1.62. The number of carboxylic acid groups (broad SMARTS) is 1. The summed E-state index contributed by atoms with van der Waals surface area (Å²) in [6, 6.07) is 15.0. The summed E-state index contributed by atoms with van der Waals surface area (Å²) in [7, 11) is 0. The van der Waals surface area contributed by atoms with Crippen LogP contribution in [0.25, 0.3) is 16.7 Å². The molecule has 1 aromatic heterocycles. The Morgan fingerprint density at radius 3 is 2.59 bits per heavy atom. The van der Waals surface area contributed by atoms with E-state index in [0.717, 1.165) is 24.0 Å². The zero-order valence-electron chi connectivity index (χ0n) is 22.3. The van der Waals surface area contributed by atoms with Gasteiger partial charge in [0.25, 0.3) is 6.01 Å². The first-order chi connectivity index (χ1) is 18.9. The zero-order chi connectivity index (χ0) is 27.4. The lowest BCUT2D eigenvalue weighted by Gasteiger charge is -2.38. The number of carbonyl (C=O) groups is 1. The van der Waals surface area contributed by atoms with Gasteiger partial charge in [-0.1, -0.05) is 30.3 Å². The van der Waals surface area contributed by atoms with Crippen molar-refractivity contribution in [3.05, 3.63) is 77.3 Å². The molecule has 2 aliphatic rings. The van der Waals surface area contributed by atoms with Crippen LogP contribution >= 0.6 is 0 Å². The number of nitrogens with zero attached hydrogens (tertiary/aromatic N) is 2. The van der Waals surface area contributed by atoms with E-state index in [4.69, 9.17) is 13.9 Å². The summed E-state index contributed by atoms with van der Waals surface area (Å²) in [5, 5.41) is 12.5. The normalized spacial score (nSPS) is 20.6. The van der Waals surface area contributed by atoms with Crippen LogP contribution in [0.2, 0.25) is 0 Å². The van der Waals surface area contributed by atoms with Crippen LogP contribution in [0.3, 0.4) is 0 Å². The van der Waals surface area contributed by atoms with Crippen LogP contribution in [0.1, 0.15) is 49.0 Å². The number of aromatic carboxylic acids is 1. The first-order valence-corrected chi connectivity index (χ1v) is 13.5. The van der Waals surface area contributed by atoms with Gasteiger partial charge in [0.05, 0.1) is 24.4 Å². The number of halogens is 1. The SMILES string of the molecule is CCOC1=CC(F)(CN2CCC(Nc3nc4ccc(C(=O)O)cc4o3)CC2)CC(OCC)=C1c1ccccc1. The number of benzene rings is 2. The lowest BCUT2D eigenvalue weighted by Crippen LogP contribution is -2.46. The Balaban J connectivity index is 1.24. The van der Waals surface area contributed by atoms with Crippen molar-refractivity contribution >= 4 is 28.7 Å². The van der Waals surface area contributed by atoms with E-state index in [1.165, 1.54) is 12.1 Å². The third-order valence-electron chi connectivity index (χ3n) is 7.09. The molecular weight excluding hydrogens is 501 g/mol. The number of carboxylic acids is 1. The van der Waals surface area contributed by atoms with E-state index in [1.54, 1.807) is 12.1 Å². The van der Waals surface area contributed by atoms with Gasteiger partial charge in [-0.05, 0) is 56.5 Å². The van der Waals surface area contributed by atoms with Gasteiger partial charge in [0.2, 0.25) is 0 Å². The maximum Gasteiger partial charge on any atom is 0.335 e. The number of rotatable bonds is 10. The second-order valence-electron chi connectivity index (χ2n) is 9.95. The molecule has 5 rings (SSSR count). The molecular formula is C30H34FN3O5. The van der Waals surface area contributed by atoms with Crippen LogP contribution in [0, 0.1) is 0 Å². The fourth-order valence-corrected chi connectivity index (χ4v) is 5.33. The van der Waals surface area contributed by atoms with Crippen molar-refractivity contribution in [3.63, 3.8) is 0 Å². The second-order valence-corrected chi connectivity index (χ2v) is 9.95. The van der Waals surface area contributed by atoms with E-state index in [0.29, 0.717) is 54.9 Å². The summed E-state index contributed by atoms with van der Waals surface area (Å²) in [5.74, 6) is 0.136. The quantitative estimate of drug-likeness (QED) is 0.332. The number of anilines is 1. The number of hydrogen-bond donors (Lipinski definition) is 2. The molecule has 2 N–H and O–H groups in total. The van der Waals surface area contributed by atoms with Crippen molar-refractivity contribution in [3.8, 4) is 0 Å². The summed E-state index contributed by atoms with van der Waals surface area (Å²) in [6.45, 7) is 6.36. The van der Waals surface area contributed by atoms with Crippen LogP contribution in [0.4, 0.5) is 10.4 Å². The minimum absolute atomic E-state index is 0.119. The molecule has 8 nitrogen and oxygen atoms in total. The van der Waals surface area contributed by atoms with Gasteiger partial charge in [0.1, 0.15) is 17.0 Å². The van der Waals surface area contributed by atoms with E-state index in [1.807, 2.05) is 44.2 Å². The van der Waals surface area contributed by atoms with E-state index < -0.39 is 11.6 Å². The topological polar surface area (TPSA) is 97.1 Å². The molecule has 0 radical (unpaired) electrons. The Kier molecular flexibility index (Phi) is 7.88. The van der Waals surface area contributed by atoms with Gasteiger partial charge in [-0.2, -0.15) is 4.98 Å². The summed E-state index contributed by atoms with van der Waals surface area (Å²) >= 11 is 0. The predicted molar refractivity (Wildman–Crippen MR) is 147 cm³/mol. The summed E-state index contributed by atoms with van der Waals surface area (Å²) < 4.78 is 34.1. The summed E-state index contributed by atoms with van der Waals surface area (Å²) in [4.78, 5) is 17.8. The Bertz CT molecular complexity index is 1380. The molecule has 3 aromatic rings. The molecule has 0 saturated carbocycles. The predicted octanol–water partition coefficient (Wildman–Crippen LogP) is 5.88. The number of piperidine rings is 1. The third kappa shape index (κ3) is 6.09. The third-order valence-corrected chi connectivity index (χ3v) is 7.09. The molecule has 0 amide bonds. The van der Waals surface area contributed by atoms with E-state index in [-0.39, 0.29) is 24.6 Å². The standard InChI is InChI=1S/C30H34FN3O5/c1-3-37-25-17-30(31,18-26(38-4-2)27(25)20-8-6-5-7-9-20)19-34-14-12-22(13-15-34)32-29-33-23-11-10-21(28(35)36)16-24(23)39-29/h5-11,16-17,22H,3-4,12-15,18-19H2,1-2H3,(H,32,33)(H,35,36). The van der Waals surface area contributed by atoms with E-state index >= 15 is 4.39 Å². The van der Waals surface area contributed by atoms with Gasteiger partial charge < -0.3 is 24.3 Å². The summed E-state index contributed by atoms with van der Waals surface area (Å²) in [5.41, 5.74) is 1.34. The van der Waals surface area contributed by atoms with Crippen LogP contribution in [-0.4, -0.2) is 65.5 Å².